The van der Waals surface area contributed by atoms with Gasteiger partial charge in [0.1, 0.15) is 0 Å². The molecule has 0 atom stereocenters. The minimum absolute atomic E-state index is 0.0129. The molecule has 0 fully saturated rings. The number of fused-ring (bicyclic) bond motifs is 1. The summed E-state index contributed by atoms with van der Waals surface area (Å²) in [4.78, 5) is 15.6. The van der Waals surface area contributed by atoms with Crippen LogP contribution < -0.4 is 4.90 Å². The third-order valence-electron chi connectivity index (χ3n) is 5.53. The molecule has 0 N–H and O–H groups in total. The fraction of sp³-hybridized carbons (Fsp3) is 0.185. The number of unbranched alkanes of at least 4 members (excludes halogenated alkanes) is 1. The Kier molecular flexibility index (Phi) is 5.77. The predicted molar refractivity (Wildman–Crippen MR) is 122 cm³/mol. The molecule has 3 nitrogen and oxygen atoms in total. The van der Waals surface area contributed by atoms with Crippen LogP contribution in [0.5, 0.6) is 0 Å². The highest BCUT2D eigenvalue weighted by Crippen LogP contribution is 2.43. The van der Waals surface area contributed by atoms with Gasteiger partial charge in [-0.3, -0.25) is 4.79 Å². The van der Waals surface area contributed by atoms with Crippen LogP contribution in [-0.2, 0) is 11.3 Å². The normalized spacial score (nSPS) is 14.4. The molecule has 0 aliphatic carbocycles. The third-order valence-corrected chi connectivity index (χ3v) is 5.53. The fourth-order valence-electron chi connectivity index (χ4n) is 4.02. The molecular formula is C27H24N2O. The van der Waals surface area contributed by atoms with Crippen molar-refractivity contribution in [2.24, 2.45) is 0 Å². The molecule has 148 valence electrons. The lowest BCUT2D eigenvalue weighted by atomic mass is 9.91. The molecule has 3 aromatic carbocycles. The van der Waals surface area contributed by atoms with Crippen LogP contribution in [0, 0.1) is 11.3 Å². The monoisotopic (exact) mass is 392 g/mol. The van der Waals surface area contributed by atoms with Crippen molar-refractivity contribution in [3.63, 3.8) is 0 Å². The summed E-state index contributed by atoms with van der Waals surface area (Å²) in [5.74, 6) is 0.0129. The van der Waals surface area contributed by atoms with Gasteiger partial charge in [-0.2, -0.15) is 5.26 Å². The SMILES string of the molecule is CCCC/C(=C1\C(=O)N(Cc2ccccc2)c2ccc(C#N)cc21)c1ccccc1. The Morgan fingerprint density at radius 1 is 0.967 bits per heavy atom. The third kappa shape index (κ3) is 3.77. The number of carbonyl (C=O) groups excluding carboxylic acids is 1. The van der Waals surface area contributed by atoms with E-state index < -0.39 is 0 Å². The molecule has 0 spiro atoms. The van der Waals surface area contributed by atoms with Crippen LogP contribution in [0.15, 0.2) is 78.9 Å². The van der Waals surface area contributed by atoms with E-state index in [4.69, 9.17) is 0 Å². The summed E-state index contributed by atoms with van der Waals surface area (Å²) in [6.45, 7) is 2.67. The van der Waals surface area contributed by atoms with Gasteiger partial charge in [-0.1, -0.05) is 74.0 Å². The van der Waals surface area contributed by atoms with Crippen LogP contribution >= 0.6 is 0 Å². The number of anilines is 1. The number of hydrogen-bond donors (Lipinski definition) is 0. The quantitative estimate of drug-likeness (QED) is 0.468. The van der Waals surface area contributed by atoms with Gasteiger partial charge in [0, 0.05) is 5.56 Å². The number of allylic oxidation sites excluding steroid dienone is 1. The summed E-state index contributed by atoms with van der Waals surface area (Å²) in [5, 5.41) is 9.45. The van der Waals surface area contributed by atoms with Crippen LogP contribution in [0.4, 0.5) is 5.69 Å². The van der Waals surface area contributed by atoms with Gasteiger partial charge in [-0.05, 0) is 47.7 Å². The van der Waals surface area contributed by atoms with Gasteiger partial charge in [0.15, 0.2) is 0 Å². The molecule has 3 aromatic rings. The first-order valence-corrected chi connectivity index (χ1v) is 10.4. The van der Waals surface area contributed by atoms with Gasteiger partial charge in [-0.25, -0.2) is 0 Å². The number of nitrogens with zero attached hydrogens (tertiary/aromatic N) is 2. The van der Waals surface area contributed by atoms with Gasteiger partial charge in [0.05, 0.1) is 29.4 Å². The molecular weight excluding hydrogens is 368 g/mol. The molecule has 1 amide bonds. The van der Waals surface area contributed by atoms with E-state index >= 15 is 0 Å². The first-order chi connectivity index (χ1) is 14.7. The van der Waals surface area contributed by atoms with Gasteiger partial charge in [-0.15, -0.1) is 0 Å². The van der Waals surface area contributed by atoms with Crippen molar-refractivity contribution in [2.45, 2.75) is 32.7 Å². The number of nitriles is 1. The maximum Gasteiger partial charge on any atom is 0.259 e. The molecule has 0 radical (unpaired) electrons. The molecule has 0 aromatic heterocycles. The Hall–Kier alpha value is -3.64. The Morgan fingerprint density at radius 3 is 2.33 bits per heavy atom. The second-order valence-electron chi connectivity index (χ2n) is 7.54. The highest BCUT2D eigenvalue weighted by atomic mass is 16.2. The zero-order valence-electron chi connectivity index (χ0n) is 17.1. The van der Waals surface area contributed by atoms with E-state index in [0.717, 1.165) is 52.8 Å². The van der Waals surface area contributed by atoms with E-state index in [1.54, 1.807) is 6.07 Å². The molecule has 0 bridgehead atoms. The molecule has 0 saturated heterocycles. The second kappa shape index (κ2) is 8.80. The van der Waals surface area contributed by atoms with Crippen LogP contribution in [0.25, 0.3) is 11.1 Å². The lowest BCUT2D eigenvalue weighted by Gasteiger charge is -2.17. The first-order valence-electron chi connectivity index (χ1n) is 10.4. The molecule has 30 heavy (non-hydrogen) atoms. The number of hydrogen-bond acceptors (Lipinski definition) is 2. The average Bonchev–Trinajstić information content (AvgIpc) is 3.06. The molecule has 0 saturated carbocycles. The fourth-order valence-corrected chi connectivity index (χ4v) is 4.02. The lowest BCUT2D eigenvalue weighted by Crippen LogP contribution is -2.26. The van der Waals surface area contributed by atoms with Gasteiger partial charge in [0.2, 0.25) is 0 Å². The van der Waals surface area contributed by atoms with E-state index in [9.17, 15) is 10.1 Å². The zero-order valence-corrected chi connectivity index (χ0v) is 17.1. The highest BCUT2D eigenvalue weighted by molar-refractivity contribution is 6.37. The zero-order chi connectivity index (χ0) is 20.9. The first kappa shape index (κ1) is 19.7. The molecule has 1 aliphatic rings. The van der Waals surface area contributed by atoms with E-state index in [0.29, 0.717) is 12.1 Å². The summed E-state index contributed by atoms with van der Waals surface area (Å²) in [6, 6.07) is 28.0. The van der Waals surface area contributed by atoms with E-state index in [2.05, 4.69) is 25.1 Å². The predicted octanol–water partition coefficient (Wildman–Crippen LogP) is 6.21. The Balaban J connectivity index is 1.89. The molecule has 1 heterocycles. The summed E-state index contributed by atoms with van der Waals surface area (Å²) < 4.78 is 0. The van der Waals surface area contributed by atoms with Crippen molar-refractivity contribution in [3.8, 4) is 6.07 Å². The second-order valence-corrected chi connectivity index (χ2v) is 7.54. The smallest absolute Gasteiger partial charge is 0.259 e. The minimum Gasteiger partial charge on any atom is -0.303 e. The number of carbonyl (C=O) groups is 1. The van der Waals surface area contributed by atoms with Crippen molar-refractivity contribution >= 4 is 22.7 Å². The van der Waals surface area contributed by atoms with Crippen LogP contribution in [-0.4, -0.2) is 5.91 Å². The molecule has 3 heteroatoms. The molecule has 1 aliphatic heterocycles. The summed E-state index contributed by atoms with van der Waals surface area (Å²) >= 11 is 0. The standard InChI is InChI=1S/C27H24N2O/c1-2-3-14-23(22-12-8-5-9-13-22)26-24-17-21(18-28)15-16-25(24)29(27(26)30)19-20-10-6-4-7-11-20/h4-13,15-17H,2-3,14,19H2,1H3/b26-23+. The van der Waals surface area contributed by atoms with Gasteiger partial charge in [0.25, 0.3) is 5.91 Å². The van der Waals surface area contributed by atoms with Gasteiger partial charge < -0.3 is 4.90 Å². The molecule has 0 unspecified atom stereocenters. The van der Waals surface area contributed by atoms with E-state index in [-0.39, 0.29) is 5.91 Å². The largest absolute Gasteiger partial charge is 0.303 e. The topological polar surface area (TPSA) is 44.1 Å². The van der Waals surface area contributed by atoms with Crippen molar-refractivity contribution in [2.75, 3.05) is 4.90 Å². The number of amides is 1. The Morgan fingerprint density at radius 2 is 1.67 bits per heavy atom. The lowest BCUT2D eigenvalue weighted by molar-refractivity contribution is -0.113. The van der Waals surface area contributed by atoms with Crippen molar-refractivity contribution in [3.05, 3.63) is 101 Å². The Labute approximate surface area is 177 Å². The van der Waals surface area contributed by atoms with Crippen molar-refractivity contribution < 1.29 is 4.79 Å². The Bertz CT molecular complexity index is 1120. The summed E-state index contributed by atoms with van der Waals surface area (Å²) in [5.41, 5.74) is 6.27. The number of benzene rings is 3. The number of rotatable bonds is 6. The van der Waals surface area contributed by atoms with Crippen molar-refractivity contribution in [1.82, 2.24) is 0 Å². The summed E-state index contributed by atoms with van der Waals surface area (Å²) in [7, 11) is 0. The van der Waals surface area contributed by atoms with Crippen molar-refractivity contribution in [1.29, 1.82) is 5.26 Å². The minimum atomic E-state index is 0.0129. The van der Waals surface area contributed by atoms with Gasteiger partial charge >= 0.3 is 0 Å². The summed E-state index contributed by atoms with van der Waals surface area (Å²) in [6.07, 6.45) is 2.89. The van der Waals surface area contributed by atoms with E-state index in [1.807, 2.05) is 65.6 Å². The molecule has 4 rings (SSSR count). The maximum atomic E-state index is 13.7. The maximum absolute atomic E-state index is 13.7. The van der Waals surface area contributed by atoms with E-state index in [1.165, 1.54) is 0 Å². The average molecular weight is 393 g/mol. The van der Waals surface area contributed by atoms with Crippen LogP contribution in [0.2, 0.25) is 0 Å². The van der Waals surface area contributed by atoms with Crippen LogP contribution in [0.3, 0.4) is 0 Å². The highest BCUT2D eigenvalue weighted by Gasteiger charge is 2.35. The van der Waals surface area contributed by atoms with Crippen LogP contribution in [0.1, 0.15) is 48.4 Å².